The first-order valence-corrected chi connectivity index (χ1v) is 6.00. The minimum Gasteiger partial charge on any atom is -0.360 e. The van der Waals surface area contributed by atoms with Gasteiger partial charge in [0.1, 0.15) is 5.82 Å². The van der Waals surface area contributed by atoms with E-state index in [2.05, 4.69) is 10.6 Å². The number of carbonyl (C=O) groups is 1. The Morgan fingerprint density at radius 3 is 2.61 bits per heavy atom. The Bertz CT molecular complexity index is 409. The van der Waals surface area contributed by atoms with E-state index in [0.29, 0.717) is 18.8 Å². The monoisotopic (exact) mass is 253 g/mol. The van der Waals surface area contributed by atoms with E-state index in [1.807, 2.05) is 20.0 Å². The molecule has 0 saturated heterocycles. The molecule has 0 aliphatic carbocycles. The lowest BCUT2D eigenvalue weighted by molar-refractivity contribution is -0.119. The predicted octanol–water partition coefficient (Wildman–Crippen LogP) is 1.12. The van der Waals surface area contributed by atoms with Crippen molar-refractivity contribution in [2.75, 3.05) is 32.1 Å². The molecule has 0 atom stereocenters. The number of hydrogen-bond donors (Lipinski definition) is 2. The summed E-state index contributed by atoms with van der Waals surface area (Å²) in [5.41, 5.74) is 1.34. The van der Waals surface area contributed by atoms with Gasteiger partial charge >= 0.3 is 0 Å². The molecule has 100 valence electrons. The molecule has 1 amide bonds. The van der Waals surface area contributed by atoms with Gasteiger partial charge in [-0.2, -0.15) is 0 Å². The van der Waals surface area contributed by atoms with Gasteiger partial charge in [0.15, 0.2) is 0 Å². The van der Waals surface area contributed by atoms with Crippen LogP contribution >= 0.6 is 0 Å². The van der Waals surface area contributed by atoms with Crippen molar-refractivity contribution >= 4 is 11.6 Å². The molecule has 1 aromatic rings. The Balaban J connectivity index is 2.89. The van der Waals surface area contributed by atoms with Crippen molar-refractivity contribution in [3.63, 3.8) is 0 Å². The molecule has 0 aromatic heterocycles. The van der Waals surface area contributed by atoms with Crippen LogP contribution in [0.5, 0.6) is 0 Å². The first kappa shape index (κ1) is 14.4. The molecule has 0 spiro atoms. The maximum atomic E-state index is 14.0. The molecule has 0 fully saturated rings. The minimum absolute atomic E-state index is 0.129. The second kappa shape index (κ2) is 6.96. The topological polar surface area (TPSA) is 44.4 Å². The largest absolute Gasteiger partial charge is 0.360 e. The number of anilines is 1. The maximum Gasteiger partial charge on any atom is 0.239 e. The molecule has 0 heterocycles. The smallest absolute Gasteiger partial charge is 0.239 e. The second-order valence-electron chi connectivity index (χ2n) is 4.00. The molecule has 1 aromatic carbocycles. The van der Waals surface area contributed by atoms with Crippen LogP contribution in [0.2, 0.25) is 0 Å². The van der Waals surface area contributed by atoms with Crippen molar-refractivity contribution in [1.82, 2.24) is 10.6 Å². The zero-order valence-corrected chi connectivity index (χ0v) is 11.1. The van der Waals surface area contributed by atoms with Crippen LogP contribution < -0.4 is 15.5 Å². The van der Waals surface area contributed by atoms with E-state index >= 15 is 0 Å². The summed E-state index contributed by atoms with van der Waals surface area (Å²) in [5, 5.41) is 5.51. The summed E-state index contributed by atoms with van der Waals surface area (Å²) in [5.74, 6) is -0.427. The fourth-order valence-electron chi connectivity index (χ4n) is 1.74. The SMILES string of the molecule is CCN(CC(=O)NC)c1ccc(CNC)cc1F. The standard InChI is InChI=1S/C13H20FN3O/c1-4-17(9-13(18)16-3)12-6-5-10(8-15-2)7-11(12)14/h5-7,15H,4,8-9H2,1-3H3,(H,16,18). The fraction of sp³-hybridized carbons (Fsp3) is 0.462. The number of amides is 1. The minimum atomic E-state index is -0.298. The Labute approximate surface area is 107 Å². The number of carbonyl (C=O) groups excluding carboxylic acids is 1. The van der Waals surface area contributed by atoms with Crippen LogP contribution in [0.15, 0.2) is 18.2 Å². The summed E-state index contributed by atoms with van der Waals surface area (Å²) < 4.78 is 14.0. The van der Waals surface area contributed by atoms with Crippen molar-refractivity contribution in [3.05, 3.63) is 29.6 Å². The van der Waals surface area contributed by atoms with Crippen LogP contribution in [0.25, 0.3) is 0 Å². The number of nitrogens with zero attached hydrogens (tertiary/aromatic N) is 1. The predicted molar refractivity (Wildman–Crippen MR) is 71.1 cm³/mol. The lowest BCUT2D eigenvalue weighted by atomic mass is 10.1. The molecule has 0 bridgehead atoms. The van der Waals surface area contributed by atoms with Gasteiger partial charge in [0.25, 0.3) is 0 Å². The third kappa shape index (κ3) is 3.70. The molecule has 1 rings (SSSR count). The normalized spacial score (nSPS) is 10.2. The van der Waals surface area contributed by atoms with Gasteiger partial charge in [-0.1, -0.05) is 6.07 Å². The molecule has 4 nitrogen and oxygen atoms in total. The number of halogens is 1. The Hall–Kier alpha value is -1.62. The zero-order chi connectivity index (χ0) is 13.5. The van der Waals surface area contributed by atoms with Gasteiger partial charge in [-0.3, -0.25) is 4.79 Å². The first-order chi connectivity index (χ1) is 8.62. The molecule has 0 aliphatic rings. The quantitative estimate of drug-likeness (QED) is 0.798. The van der Waals surface area contributed by atoms with Crippen molar-refractivity contribution in [1.29, 1.82) is 0 Å². The molecule has 0 saturated carbocycles. The number of hydrogen-bond acceptors (Lipinski definition) is 3. The number of likely N-dealkylation sites (N-methyl/N-ethyl adjacent to an activating group) is 2. The van der Waals surface area contributed by atoms with E-state index in [1.54, 1.807) is 18.0 Å². The highest BCUT2D eigenvalue weighted by molar-refractivity contribution is 5.81. The Morgan fingerprint density at radius 1 is 1.39 bits per heavy atom. The highest BCUT2D eigenvalue weighted by atomic mass is 19.1. The van der Waals surface area contributed by atoms with Gasteiger partial charge < -0.3 is 15.5 Å². The number of nitrogens with one attached hydrogen (secondary N) is 2. The summed E-state index contributed by atoms with van der Waals surface area (Å²) in [6.45, 7) is 3.26. The van der Waals surface area contributed by atoms with E-state index in [-0.39, 0.29) is 18.3 Å². The fourth-order valence-corrected chi connectivity index (χ4v) is 1.74. The van der Waals surface area contributed by atoms with Gasteiger partial charge in [-0.25, -0.2) is 4.39 Å². The lowest BCUT2D eigenvalue weighted by Gasteiger charge is -2.23. The highest BCUT2D eigenvalue weighted by Crippen LogP contribution is 2.20. The Morgan fingerprint density at radius 2 is 2.11 bits per heavy atom. The molecule has 0 unspecified atom stereocenters. The zero-order valence-electron chi connectivity index (χ0n) is 11.1. The van der Waals surface area contributed by atoms with Crippen LogP contribution in [0, 0.1) is 5.82 Å². The summed E-state index contributed by atoms with van der Waals surface area (Å²) >= 11 is 0. The van der Waals surface area contributed by atoms with Gasteiger partial charge in [-0.15, -0.1) is 0 Å². The van der Waals surface area contributed by atoms with Crippen LogP contribution in [-0.4, -0.2) is 33.1 Å². The molecule has 0 aliphatic heterocycles. The van der Waals surface area contributed by atoms with Crippen LogP contribution in [0.1, 0.15) is 12.5 Å². The van der Waals surface area contributed by atoms with E-state index in [9.17, 15) is 9.18 Å². The molecule has 18 heavy (non-hydrogen) atoms. The number of benzene rings is 1. The van der Waals surface area contributed by atoms with E-state index < -0.39 is 0 Å². The van der Waals surface area contributed by atoms with Crippen molar-refractivity contribution in [2.45, 2.75) is 13.5 Å². The average Bonchev–Trinajstić information content (AvgIpc) is 2.37. The lowest BCUT2D eigenvalue weighted by Crippen LogP contribution is -2.36. The van der Waals surface area contributed by atoms with Gasteiger partial charge in [0.2, 0.25) is 5.91 Å². The van der Waals surface area contributed by atoms with Crippen LogP contribution in [0.3, 0.4) is 0 Å². The van der Waals surface area contributed by atoms with E-state index in [0.717, 1.165) is 5.56 Å². The molecular formula is C13H20FN3O. The molecule has 5 heteroatoms. The average molecular weight is 253 g/mol. The van der Waals surface area contributed by atoms with E-state index in [1.165, 1.54) is 6.07 Å². The van der Waals surface area contributed by atoms with Gasteiger partial charge in [-0.05, 0) is 31.7 Å². The van der Waals surface area contributed by atoms with Crippen LogP contribution in [-0.2, 0) is 11.3 Å². The van der Waals surface area contributed by atoms with E-state index in [4.69, 9.17) is 0 Å². The maximum absolute atomic E-state index is 14.0. The molecule has 2 N–H and O–H groups in total. The highest BCUT2D eigenvalue weighted by Gasteiger charge is 2.13. The molecular weight excluding hydrogens is 233 g/mol. The van der Waals surface area contributed by atoms with Gasteiger partial charge in [0, 0.05) is 20.1 Å². The summed E-state index contributed by atoms with van der Waals surface area (Å²) in [4.78, 5) is 13.1. The summed E-state index contributed by atoms with van der Waals surface area (Å²) in [6, 6.07) is 5.08. The second-order valence-corrected chi connectivity index (χ2v) is 4.00. The summed E-state index contributed by atoms with van der Waals surface area (Å²) in [7, 11) is 3.39. The van der Waals surface area contributed by atoms with Crippen molar-refractivity contribution < 1.29 is 9.18 Å². The van der Waals surface area contributed by atoms with Crippen molar-refractivity contribution in [3.8, 4) is 0 Å². The molecule has 0 radical (unpaired) electrons. The van der Waals surface area contributed by atoms with Crippen LogP contribution in [0.4, 0.5) is 10.1 Å². The van der Waals surface area contributed by atoms with Gasteiger partial charge in [0.05, 0.1) is 12.2 Å². The van der Waals surface area contributed by atoms with Crippen molar-refractivity contribution in [2.24, 2.45) is 0 Å². The summed E-state index contributed by atoms with van der Waals surface area (Å²) in [6.07, 6.45) is 0. The number of rotatable bonds is 6. The Kier molecular flexibility index (Phi) is 5.58. The first-order valence-electron chi connectivity index (χ1n) is 6.00. The third-order valence-corrected chi connectivity index (χ3v) is 2.73. The third-order valence-electron chi connectivity index (χ3n) is 2.73.